The van der Waals surface area contributed by atoms with Gasteiger partial charge in [-0.1, -0.05) is 18.5 Å². The molecule has 0 N–H and O–H groups in total. The van der Waals surface area contributed by atoms with Crippen LogP contribution in [0.1, 0.15) is 25.3 Å². The molecule has 82 valence electrons. The first kappa shape index (κ1) is 12.1. The van der Waals surface area contributed by atoms with Gasteiger partial charge in [-0.05, 0) is 37.1 Å². The number of rotatable bonds is 5. The number of halogens is 1. The monoisotopic (exact) mass is 226 g/mol. The lowest BCUT2D eigenvalue weighted by Gasteiger charge is -2.08. The van der Waals surface area contributed by atoms with Crippen molar-refractivity contribution in [3.05, 3.63) is 28.8 Å². The fourth-order valence-electron chi connectivity index (χ4n) is 1.28. The van der Waals surface area contributed by atoms with E-state index >= 15 is 0 Å². The number of hydrogen-bond donors (Lipinski definition) is 0. The first-order chi connectivity index (χ1) is 7.13. The van der Waals surface area contributed by atoms with E-state index in [0.717, 1.165) is 17.7 Å². The molecule has 0 amide bonds. The fraction of sp³-hybridized carbons (Fsp3) is 0.417. The zero-order valence-electron chi connectivity index (χ0n) is 9.05. The molecular weight excluding hydrogens is 212 g/mol. The lowest BCUT2D eigenvalue weighted by atomic mass is 10.2. The molecule has 3 heteroatoms. The highest BCUT2D eigenvalue weighted by atomic mass is 35.5. The number of aryl methyl sites for hydroxylation is 1. The third-order valence-corrected chi connectivity index (χ3v) is 2.29. The summed E-state index contributed by atoms with van der Waals surface area (Å²) < 4.78 is 5.40. The van der Waals surface area contributed by atoms with E-state index in [1.165, 1.54) is 0 Å². The second-order valence-electron chi connectivity index (χ2n) is 3.49. The summed E-state index contributed by atoms with van der Waals surface area (Å²) in [7, 11) is 0. The summed E-state index contributed by atoms with van der Waals surface area (Å²) in [4.78, 5) is 11.2. The van der Waals surface area contributed by atoms with Gasteiger partial charge in [-0.2, -0.15) is 0 Å². The van der Waals surface area contributed by atoms with Crippen molar-refractivity contribution in [3.63, 3.8) is 0 Å². The summed E-state index contributed by atoms with van der Waals surface area (Å²) in [5.41, 5.74) is 0.951. The SMILES string of the molecule is CCCC(=O)COc1ccc(Cl)cc1C. The quantitative estimate of drug-likeness (QED) is 0.769. The van der Waals surface area contributed by atoms with Gasteiger partial charge < -0.3 is 4.74 Å². The first-order valence-electron chi connectivity index (χ1n) is 5.04. The molecule has 0 fully saturated rings. The van der Waals surface area contributed by atoms with Gasteiger partial charge in [0.2, 0.25) is 0 Å². The normalized spacial score (nSPS) is 10.1. The van der Waals surface area contributed by atoms with Crippen LogP contribution in [0.15, 0.2) is 18.2 Å². The third kappa shape index (κ3) is 3.92. The summed E-state index contributed by atoms with van der Waals surface area (Å²) in [6.07, 6.45) is 1.44. The number of hydrogen-bond acceptors (Lipinski definition) is 2. The Morgan fingerprint density at radius 1 is 1.47 bits per heavy atom. The number of ketones is 1. The topological polar surface area (TPSA) is 26.3 Å². The largest absolute Gasteiger partial charge is 0.486 e. The van der Waals surface area contributed by atoms with Gasteiger partial charge in [0, 0.05) is 11.4 Å². The van der Waals surface area contributed by atoms with Crippen molar-refractivity contribution in [1.82, 2.24) is 0 Å². The fourth-order valence-corrected chi connectivity index (χ4v) is 1.51. The Kier molecular flexibility index (Phi) is 4.63. The van der Waals surface area contributed by atoms with E-state index < -0.39 is 0 Å². The first-order valence-corrected chi connectivity index (χ1v) is 5.42. The highest BCUT2D eigenvalue weighted by Crippen LogP contribution is 2.21. The van der Waals surface area contributed by atoms with Crippen LogP contribution in [-0.4, -0.2) is 12.4 Å². The van der Waals surface area contributed by atoms with Crippen LogP contribution < -0.4 is 4.74 Å². The molecule has 0 aromatic heterocycles. The molecule has 2 nitrogen and oxygen atoms in total. The molecule has 15 heavy (non-hydrogen) atoms. The molecule has 0 spiro atoms. The number of benzene rings is 1. The van der Waals surface area contributed by atoms with Gasteiger partial charge >= 0.3 is 0 Å². The van der Waals surface area contributed by atoms with Gasteiger partial charge in [-0.3, -0.25) is 4.79 Å². The third-order valence-electron chi connectivity index (χ3n) is 2.05. The molecule has 1 aromatic carbocycles. The Balaban J connectivity index is 2.54. The molecule has 0 aliphatic heterocycles. The van der Waals surface area contributed by atoms with Gasteiger partial charge in [0.05, 0.1) is 0 Å². The number of ether oxygens (including phenoxy) is 1. The molecule has 1 rings (SSSR count). The molecule has 0 aliphatic carbocycles. The van der Waals surface area contributed by atoms with Crippen molar-refractivity contribution in [2.24, 2.45) is 0 Å². The maximum Gasteiger partial charge on any atom is 0.170 e. The van der Waals surface area contributed by atoms with Crippen molar-refractivity contribution < 1.29 is 9.53 Å². The highest BCUT2D eigenvalue weighted by Gasteiger charge is 2.04. The number of Topliss-reactive ketones (excluding diaryl/α,β-unsaturated/α-hetero) is 1. The van der Waals surface area contributed by atoms with E-state index in [4.69, 9.17) is 16.3 Å². The molecule has 0 saturated heterocycles. The Morgan fingerprint density at radius 2 is 2.20 bits per heavy atom. The second kappa shape index (κ2) is 5.76. The second-order valence-corrected chi connectivity index (χ2v) is 3.92. The number of carbonyl (C=O) groups excluding carboxylic acids is 1. The lowest BCUT2D eigenvalue weighted by Crippen LogP contribution is -2.10. The van der Waals surface area contributed by atoms with E-state index in [0.29, 0.717) is 11.4 Å². The van der Waals surface area contributed by atoms with Crippen molar-refractivity contribution in [1.29, 1.82) is 0 Å². The van der Waals surface area contributed by atoms with Crippen LogP contribution in [0.2, 0.25) is 5.02 Å². The Bertz CT molecular complexity index is 347. The van der Waals surface area contributed by atoms with E-state index in [1.807, 2.05) is 19.9 Å². The van der Waals surface area contributed by atoms with Gasteiger partial charge in [0.15, 0.2) is 5.78 Å². The smallest absolute Gasteiger partial charge is 0.170 e. The van der Waals surface area contributed by atoms with E-state index in [-0.39, 0.29) is 12.4 Å². The van der Waals surface area contributed by atoms with E-state index in [2.05, 4.69) is 0 Å². The minimum absolute atomic E-state index is 0.131. The Morgan fingerprint density at radius 3 is 2.80 bits per heavy atom. The Hall–Kier alpha value is -1.02. The summed E-state index contributed by atoms with van der Waals surface area (Å²) in [6.45, 7) is 4.03. The maximum atomic E-state index is 11.2. The van der Waals surface area contributed by atoms with Crippen LogP contribution in [0.25, 0.3) is 0 Å². The van der Waals surface area contributed by atoms with Gasteiger partial charge in [-0.15, -0.1) is 0 Å². The minimum Gasteiger partial charge on any atom is -0.486 e. The van der Waals surface area contributed by atoms with E-state index in [9.17, 15) is 4.79 Å². The highest BCUT2D eigenvalue weighted by molar-refractivity contribution is 6.30. The zero-order valence-corrected chi connectivity index (χ0v) is 9.80. The van der Waals surface area contributed by atoms with Crippen LogP contribution in [0.4, 0.5) is 0 Å². The standard InChI is InChI=1S/C12H15ClO2/c1-3-4-11(14)8-15-12-6-5-10(13)7-9(12)2/h5-7H,3-4,8H2,1-2H3. The van der Waals surface area contributed by atoms with Crippen molar-refractivity contribution in [2.75, 3.05) is 6.61 Å². The maximum absolute atomic E-state index is 11.2. The molecule has 0 bridgehead atoms. The van der Waals surface area contributed by atoms with Crippen molar-refractivity contribution in [3.8, 4) is 5.75 Å². The summed E-state index contributed by atoms with van der Waals surface area (Å²) in [5, 5.41) is 0.680. The molecule has 1 aromatic rings. The molecule has 0 unspecified atom stereocenters. The van der Waals surface area contributed by atoms with Crippen LogP contribution in [0.5, 0.6) is 5.75 Å². The van der Waals surface area contributed by atoms with Crippen LogP contribution in [0, 0.1) is 6.92 Å². The summed E-state index contributed by atoms with van der Waals surface area (Å²) >= 11 is 5.81. The minimum atomic E-state index is 0.131. The molecule has 0 atom stereocenters. The van der Waals surface area contributed by atoms with Crippen molar-refractivity contribution >= 4 is 17.4 Å². The van der Waals surface area contributed by atoms with Gasteiger partial charge in [0.25, 0.3) is 0 Å². The van der Waals surface area contributed by atoms with E-state index in [1.54, 1.807) is 12.1 Å². The van der Waals surface area contributed by atoms with Gasteiger partial charge in [0.1, 0.15) is 12.4 Å². The lowest BCUT2D eigenvalue weighted by molar-refractivity contribution is -0.121. The number of carbonyl (C=O) groups is 1. The van der Waals surface area contributed by atoms with Crippen molar-refractivity contribution in [2.45, 2.75) is 26.7 Å². The van der Waals surface area contributed by atoms with Crippen LogP contribution >= 0.6 is 11.6 Å². The molecule has 0 saturated carbocycles. The summed E-state index contributed by atoms with van der Waals surface area (Å²) in [6, 6.07) is 5.37. The van der Waals surface area contributed by atoms with Crippen LogP contribution in [0.3, 0.4) is 0 Å². The van der Waals surface area contributed by atoms with Crippen LogP contribution in [-0.2, 0) is 4.79 Å². The molecule has 0 radical (unpaired) electrons. The predicted octanol–water partition coefficient (Wildman–Crippen LogP) is 3.40. The molecular formula is C12H15ClO2. The zero-order chi connectivity index (χ0) is 11.3. The Labute approximate surface area is 95.2 Å². The average molecular weight is 227 g/mol. The van der Waals surface area contributed by atoms with Gasteiger partial charge in [-0.25, -0.2) is 0 Å². The molecule has 0 aliphatic rings. The summed E-state index contributed by atoms with van der Waals surface area (Å²) in [5.74, 6) is 0.857. The predicted molar refractivity (Wildman–Crippen MR) is 61.6 cm³/mol. The average Bonchev–Trinajstić information content (AvgIpc) is 2.17. The molecule has 0 heterocycles.